The summed E-state index contributed by atoms with van der Waals surface area (Å²) >= 11 is 7.36. The van der Waals surface area contributed by atoms with Gasteiger partial charge in [-0.3, -0.25) is 4.79 Å². The maximum absolute atomic E-state index is 12.3. The molecule has 3 heterocycles. The quantitative estimate of drug-likeness (QED) is 0.860. The highest BCUT2D eigenvalue weighted by atomic mass is 35.5. The summed E-state index contributed by atoms with van der Waals surface area (Å²) in [6, 6.07) is 4.26. The van der Waals surface area contributed by atoms with Crippen LogP contribution in [0.5, 0.6) is 6.01 Å². The first-order valence-corrected chi connectivity index (χ1v) is 8.41. The van der Waals surface area contributed by atoms with Crippen molar-refractivity contribution in [2.24, 2.45) is 0 Å². The molecule has 1 aliphatic heterocycles. The van der Waals surface area contributed by atoms with Gasteiger partial charge in [-0.05, 0) is 24.3 Å². The number of hydrogen-bond acceptors (Lipinski definition) is 5. The Hall–Kier alpha value is -1.66. The molecule has 1 fully saturated rings. The predicted molar refractivity (Wildman–Crippen MR) is 85.3 cm³/mol. The zero-order valence-electron chi connectivity index (χ0n) is 11.9. The van der Waals surface area contributed by atoms with Crippen molar-refractivity contribution in [3.63, 3.8) is 0 Å². The van der Waals surface area contributed by atoms with E-state index in [2.05, 4.69) is 9.97 Å². The summed E-state index contributed by atoms with van der Waals surface area (Å²) in [4.78, 5) is 23.4. The van der Waals surface area contributed by atoms with Crippen LogP contribution in [0.25, 0.3) is 0 Å². The second-order valence-electron chi connectivity index (χ2n) is 5.16. The third-order valence-corrected chi connectivity index (χ3v) is 4.58. The summed E-state index contributed by atoms with van der Waals surface area (Å²) < 4.78 is 5.75. The lowest BCUT2D eigenvalue weighted by molar-refractivity contribution is -0.133. The Bertz CT molecular complexity index is 618. The largest absolute Gasteiger partial charge is 0.458 e. The molecule has 5 nitrogen and oxygen atoms in total. The Morgan fingerprint density at radius 3 is 3.00 bits per heavy atom. The van der Waals surface area contributed by atoms with E-state index in [-0.39, 0.29) is 12.0 Å². The molecule has 1 aliphatic rings. The lowest BCUT2D eigenvalue weighted by Crippen LogP contribution is -2.45. The van der Waals surface area contributed by atoms with E-state index in [0.717, 1.165) is 24.3 Å². The number of hydrogen-bond donors (Lipinski definition) is 0. The van der Waals surface area contributed by atoms with Crippen molar-refractivity contribution >= 4 is 28.8 Å². The first-order valence-electron chi connectivity index (χ1n) is 7.15. The highest BCUT2D eigenvalue weighted by Gasteiger charge is 2.25. The van der Waals surface area contributed by atoms with E-state index in [0.29, 0.717) is 24.0 Å². The van der Waals surface area contributed by atoms with Crippen molar-refractivity contribution in [3.8, 4) is 6.01 Å². The van der Waals surface area contributed by atoms with Crippen molar-refractivity contribution in [1.82, 2.24) is 14.9 Å². The van der Waals surface area contributed by atoms with Crippen molar-refractivity contribution in [1.29, 1.82) is 0 Å². The van der Waals surface area contributed by atoms with Crippen LogP contribution < -0.4 is 4.74 Å². The molecule has 2 aromatic rings. The SMILES string of the molecule is O=C(Cc1cccs1)N1CCC[C@H](Oc2ncc(Cl)cn2)C1. The number of amides is 1. The monoisotopic (exact) mass is 337 g/mol. The number of carbonyl (C=O) groups is 1. The van der Waals surface area contributed by atoms with Gasteiger partial charge in [0.05, 0.1) is 30.4 Å². The number of rotatable bonds is 4. The standard InChI is InChI=1S/C15H16ClN3O2S/c16-11-8-17-15(18-9-11)21-12-3-1-5-19(10-12)14(20)7-13-4-2-6-22-13/h2,4,6,8-9,12H,1,3,5,7,10H2/t12-/m0/s1. The summed E-state index contributed by atoms with van der Waals surface area (Å²) in [5, 5.41) is 2.46. The van der Waals surface area contributed by atoms with Crippen LogP contribution >= 0.6 is 22.9 Å². The molecule has 1 atom stereocenters. The van der Waals surface area contributed by atoms with Crippen molar-refractivity contribution in [3.05, 3.63) is 39.8 Å². The molecule has 22 heavy (non-hydrogen) atoms. The van der Waals surface area contributed by atoms with Crippen LogP contribution in [0.4, 0.5) is 0 Å². The van der Waals surface area contributed by atoms with E-state index in [1.807, 2.05) is 22.4 Å². The van der Waals surface area contributed by atoms with Gasteiger partial charge in [-0.2, -0.15) is 0 Å². The topological polar surface area (TPSA) is 55.3 Å². The molecule has 1 amide bonds. The van der Waals surface area contributed by atoms with Crippen LogP contribution in [0.1, 0.15) is 17.7 Å². The second kappa shape index (κ2) is 7.07. The smallest absolute Gasteiger partial charge is 0.316 e. The van der Waals surface area contributed by atoms with Crippen LogP contribution in [0, 0.1) is 0 Å². The van der Waals surface area contributed by atoms with E-state index in [1.165, 1.54) is 12.4 Å². The minimum atomic E-state index is -0.0674. The molecule has 116 valence electrons. The van der Waals surface area contributed by atoms with Gasteiger partial charge in [0.2, 0.25) is 5.91 Å². The average Bonchev–Trinajstić information content (AvgIpc) is 3.03. The molecule has 7 heteroatoms. The van der Waals surface area contributed by atoms with E-state index in [9.17, 15) is 4.79 Å². The summed E-state index contributed by atoms with van der Waals surface area (Å²) in [7, 11) is 0. The number of likely N-dealkylation sites (tertiary alicyclic amines) is 1. The van der Waals surface area contributed by atoms with Gasteiger partial charge in [-0.15, -0.1) is 11.3 Å². The van der Waals surface area contributed by atoms with Crippen LogP contribution in [-0.4, -0.2) is 40.0 Å². The third-order valence-electron chi connectivity index (χ3n) is 3.51. The predicted octanol–water partition coefficient (Wildman–Crippen LogP) is 2.80. The molecule has 0 radical (unpaired) electrons. The molecule has 0 spiro atoms. The molecule has 0 aliphatic carbocycles. The summed E-state index contributed by atoms with van der Waals surface area (Å²) in [6.07, 6.45) is 5.23. The number of piperidine rings is 1. The Kier molecular flexibility index (Phi) is 4.90. The van der Waals surface area contributed by atoms with Gasteiger partial charge in [0, 0.05) is 11.4 Å². The zero-order valence-corrected chi connectivity index (χ0v) is 13.5. The van der Waals surface area contributed by atoms with E-state index >= 15 is 0 Å². The molecular weight excluding hydrogens is 322 g/mol. The first-order chi connectivity index (χ1) is 10.7. The normalized spacial score (nSPS) is 18.2. The molecule has 0 N–H and O–H groups in total. The summed E-state index contributed by atoms with van der Waals surface area (Å²) in [5.41, 5.74) is 0. The Morgan fingerprint density at radius 2 is 2.27 bits per heavy atom. The summed E-state index contributed by atoms with van der Waals surface area (Å²) in [6.45, 7) is 1.36. The zero-order chi connectivity index (χ0) is 15.4. The number of ether oxygens (including phenoxy) is 1. The van der Waals surface area contributed by atoms with Crippen LogP contribution in [0.3, 0.4) is 0 Å². The molecule has 1 saturated heterocycles. The van der Waals surface area contributed by atoms with Crippen molar-refractivity contribution in [2.45, 2.75) is 25.4 Å². The van der Waals surface area contributed by atoms with Crippen LogP contribution in [-0.2, 0) is 11.2 Å². The van der Waals surface area contributed by atoms with Gasteiger partial charge in [0.25, 0.3) is 0 Å². The Morgan fingerprint density at radius 1 is 1.45 bits per heavy atom. The van der Waals surface area contributed by atoms with Gasteiger partial charge < -0.3 is 9.64 Å². The van der Waals surface area contributed by atoms with Gasteiger partial charge in [0.15, 0.2) is 0 Å². The Balaban J connectivity index is 1.56. The maximum Gasteiger partial charge on any atom is 0.316 e. The number of thiophene rings is 1. The van der Waals surface area contributed by atoms with Crippen molar-refractivity contribution < 1.29 is 9.53 Å². The van der Waals surface area contributed by atoms with Crippen LogP contribution in [0.2, 0.25) is 5.02 Å². The molecule has 0 aromatic carbocycles. The molecule has 0 unspecified atom stereocenters. The van der Waals surface area contributed by atoms with Gasteiger partial charge in [-0.1, -0.05) is 17.7 Å². The molecule has 3 rings (SSSR count). The lowest BCUT2D eigenvalue weighted by Gasteiger charge is -2.32. The number of halogens is 1. The first kappa shape index (κ1) is 15.2. The fourth-order valence-electron chi connectivity index (χ4n) is 2.45. The molecule has 0 bridgehead atoms. The van der Waals surface area contributed by atoms with E-state index < -0.39 is 0 Å². The minimum absolute atomic E-state index is 0.0674. The van der Waals surface area contributed by atoms with Gasteiger partial charge >= 0.3 is 6.01 Å². The Labute approximate surface area is 137 Å². The molecular formula is C15H16ClN3O2S. The number of aromatic nitrogens is 2. The van der Waals surface area contributed by atoms with Crippen molar-refractivity contribution in [2.75, 3.05) is 13.1 Å². The average molecular weight is 338 g/mol. The van der Waals surface area contributed by atoms with Gasteiger partial charge in [0.1, 0.15) is 6.10 Å². The van der Waals surface area contributed by atoms with E-state index in [4.69, 9.17) is 16.3 Å². The summed E-state index contributed by atoms with van der Waals surface area (Å²) in [5.74, 6) is 0.146. The lowest BCUT2D eigenvalue weighted by atomic mass is 10.1. The molecule has 2 aromatic heterocycles. The fourth-order valence-corrected chi connectivity index (χ4v) is 3.24. The van der Waals surface area contributed by atoms with E-state index in [1.54, 1.807) is 11.3 Å². The van der Waals surface area contributed by atoms with Crippen LogP contribution in [0.15, 0.2) is 29.9 Å². The maximum atomic E-state index is 12.3. The second-order valence-corrected chi connectivity index (χ2v) is 6.63. The minimum Gasteiger partial charge on any atom is -0.458 e. The number of carbonyl (C=O) groups excluding carboxylic acids is 1. The third kappa shape index (κ3) is 3.96. The van der Waals surface area contributed by atoms with Gasteiger partial charge in [-0.25, -0.2) is 9.97 Å². The molecule has 0 saturated carbocycles. The highest BCUT2D eigenvalue weighted by molar-refractivity contribution is 7.10. The number of nitrogens with zero attached hydrogens (tertiary/aromatic N) is 3. The highest BCUT2D eigenvalue weighted by Crippen LogP contribution is 2.18. The fraction of sp³-hybridized carbons (Fsp3) is 0.400.